The Kier molecular flexibility index (Phi) is 5.74. The first-order valence-electron chi connectivity index (χ1n) is 6.11. The highest BCUT2D eigenvalue weighted by Crippen LogP contribution is 2.17. The number of aliphatic hydroxyl groups excluding tert-OH is 1. The highest BCUT2D eigenvalue weighted by molar-refractivity contribution is 5.92. The van der Waals surface area contributed by atoms with Crippen molar-refractivity contribution in [3.8, 4) is 0 Å². The molecule has 0 heterocycles. The molecule has 0 aliphatic heterocycles. The standard InChI is InChI=1S/C14H18N2O4/c1-3-6-16(7-8-17)14(20)15-12-5-4-11(13(18)19)9-10(12)2/h3-5,9,17H,1,6-8H2,2H3,(H,15,20)(H,18,19). The number of nitrogens with one attached hydrogen (secondary N) is 1. The molecule has 0 aromatic heterocycles. The van der Waals surface area contributed by atoms with Gasteiger partial charge in [0.2, 0.25) is 0 Å². The fourth-order valence-electron chi connectivity index (χ4n) is 1.68. The van der Waals surface area contributed by atoms with E-state index in [2.05, 4.69) is 11.9 Å². The molecule has 108 valence electrons. The summed E-state index contributed by atoms with van der Waals surface area (Å²) in [5, 5.41) is 20.5. The number of aromatic carboxylic acids is 1. The Morgan fingerprint density at radius 3 is 2.65 bits per heavy atom. The van der Waals surface area contributed by atoms with Crippen LogP contribution in [0.1, 0.15) is 15.9 Å². The Bertz CT molecular complexity index is 514. The van der Waals surface area contributed by atoms with Gasteiger partial charge in [0.25, 0.3) is 0 Å². The minimum absolute atomic E-state index is 0.141. The summed E-state index contributed by atoms with van der Waals surface area (Å²) in [7, 11) is 0. The largest absolute Gasteiger partial charge is 0.478 e. The Balaban J connectivity index is 2.83. The van der Waals surface area contributed by atoms with Crippen LogP contribution in [-0.2, 0) is 0 Å². The molecule has 0 fully saturated rings. The molecule has 0 spiro atoms. The number of urea groups is 1. The van der Waals surface area contributed by atoms with Crippen LogP contribution in [0.5, 0.6) is 0 Å². The molecule has 0 unspecified atom stereocenters. The molecule has 0 saturated carbocycles. The lowest BCUT2D eigenvalue weighted by atomic mass is 10.1. The summed E-state index contributed by atoms with van der Waals surface area (Å²) in [5.41, 5.74) is 1.35. The molecular formula is C14H18N2O4. The fraction of sp³-hybridized carbons (Fsp3) is 0.286. The van der Waals surface area contributed by atoms with Crippen LogP contribution >= 0.6 is 0 Å². The van der Waals surface area contributed by atoms with Crippen LogP contribution in [0.25, 0.3) is 0 Å². The predicted molar refractivity (Wildman–Crippen MR) is 76.0 cm³/mol. The molecule has 1 aromatic carbocycles. The molecule has 0 saturated heterocycles. The van der Waals surface area contributed by atoms with Crippen LogP contribution in [-0.4, -0.2) is 46.8 Å². The monoisotopic (exact) mass is 278 g/mol. The van der Waals surface area contributed by atoms with E-state index in [4.69, 9.17) is 10.2 Å². The molecule has 0 aliphatic carbocycles. The first-order valence-corrected chi connectivity index (χ1v) is 6.11. The normalized spacial score (nSPS) is 9.90. The quantitative estimate of drug-likeness (QED) is 0.691. The van der Waals surface area contributed by atoms with Crippen molar-refractivity contribution in [3.63, 3.8) is 0 Å². The molecule has 3 N–H and O–H groups in total. The Morgan fingerprint density at radius 2 is 2.15 bits per heavy atom. The summed E-state index contributed by atoms with van der Waals surface area (Å²) < 4.78 is 0. The Morgan fingerprint density at radius 1 is 1.45 bits per heavy atom. The Hall–Kier alpha value is -2.34. The summed E-state index contributed by atoms with van der Waals surface area (Å²) >= 11 is 0. The number of carboxylic acids is 1. The maximum absolute atomic E-state index is 12.0. The van der Waals surface area contributed by atoms with Crippen LogP contribution in [0.4, 0.5) is 10.5 Å². The van der Waals surface area contributed by atoms with Gasteiger partial charge in [-0.1, -0.05) is 6.08 Å². The average Bonchev–Trinajstić information content (AvgIpc) is 2.40. The van der Waals surface area contributed by atoms with E-state index in [1.54, 1.807) is 19.1 Å². The van der Waals surface area contributed by atoms with E-state index < -0.39 is 5.97 Å². The van der Waals surface area contributed by atoms with Crippen molar-refractivity contribution in [2.75, 3.05) is 25.0 Å². The van der Waals surface area contributed by atoms with Gasteiger partial charge < -0.3 is 20.4 Å². The van der Waals surface area contributed by atoms with Crippen LogP contribution in [0.3, 0.4) is 0 Å². The summed E-state index contributed by atoms with van der Waals surface area (Å²) in [6.45, 7) is 5.64. The minimum atomic E-state index is -1.01. The summed E-state index contributed by atoms with van der Waals surface area (Å²) in [6.07, 6.45) is 1.57. The molecule has 0 bridgehead atoms. The van der Waals surface area contributed by atoms with Crippen molar-refractivity contribution in [3.05, 3.63) is 42.0 Å². The number of carbonyl (C=O) groups is 2. The molecule has 0 aliphatic rings. The number of benzene rings is 1. The molecule has 0 radical (unpaired) electrons. The molecular weight excluding hydrogens is 260 g/mol. The molecule has 1 aromatic rings. The molecule has 6 heteroatoms. The molecule has 1 rings (SSSR count). The molecule has 6 nitrogen and oxygen atoms in total. The van der Waals surface area contributed by atoms with Gasteiger partial charge in [-0.25, -0.2) is 9.59 Å². The SMILES string of the molecule is C=CCN(CCO)C(=O)Nc1ccc(C(=O)O)cc1C. The van der Waals surface area contributed by atoms with Crippen molar-refractivity contribution in [2.24, 2.45) is 0 Å². The van der Waals surface area contributed by atoms with Gasteiger partial charge in [-0.2, -0.15) is 0 Å². The van der Waals surface area contributed by atoms with Gasteiger partial charge in [0.05, 0.1) is 12.2 Å². The van der Waals surface area contributed by atoms with E-state index in [9.17, 15) is 9.59 Å². The lowest BCUT2D eigenvalue weighted by Gasteiger charge is -2.21. The molecule has 2 amide bonds. The number of anilines is 1. The third kappa shape index (κ3) is 4.10. The number of nitrogens with zero attached hydrogens (tertiary/aromatic N) is 1. The number of hydrogen-bond donors (Lipinski definition) is 3. The van der Waals surface area contributed by atoms with Crippen molar-refractivity contribution in [1.82, 2.24) is 4.90 Å². The zero-order valence-electron chi connectivity index (χ0n) is 11.3. The van der Waals surface area contributed by atoms with Gasteiger partial charge in [0, 0.05) is 18.8 Å². The third-order valence-electron chi connectivity index (χ3n) is 2.72. The fourth-order valence-corrected chi connectivity index (χ4v) is 1.68. The van der Waals surface area contributed by atoms with Gasteiger partial charge in [0.15, 0.2) is 0 Å². The van der Waals surface area contributed by atoms with Gasteiger partial charge in [-0.3, -0.25) is 0 Å². The number of carbonyl (C=O) groups excluding carboxylic acids is 1. The summed E-state index contributed by atoms with van der Waals surface area (Å²) in [5.74, 6) is -1.01. The third-order valence-corrected chi connectivity index (χ3v) is 2.72. The molecule has 0 atom stereocenters. The first-order chi connectivity index (χ1) is 9.49. The van der Waals surface area contributed by atoms with Crippen molar-refractivity contribution in [1.29, 1.82) is 0 Å². The van der Waals surface area contributed by atoms with E-state index >= 15 is 0 Å². The number of amides is 2. The Labute approximate surface area is 117 Å². The number of carboxylic acid groups (broad SMARTS) is 1. The van der Waals surface area contributed by atoms with E-state index in [-0.39, 0.29) is 24.7 Å². The average molecular weight is 278 g/mol. The van der Waals surface area contributed by atoms with Gasteiger partial charge in [-0.15, -0.1) is 6.58 Å². The predicted octanol–water partition coefficient (Wildman–Crippen LogP) is 1.71. The van der Waals surface area contributed by atoms with E-state index in [1.807, 2.05) is 0 Å². The number of rotatable bonds is 6. The minimum Gasteiger partial charge on any atom is -0.478 e. The van der Waals surface area contributed by atoms with Crippen LogP contribution in [0.2, 0.25) is 0 Å². The lowest BCUT2D eigenvalue weighted by Crippen LogP contribution is -2.37. The van der Waals surface area contributed by atoms with E-state index in [1.165, 1.54) is 17.0 Å². The highest BCUT2D eigenvalue weighted by atomic mass is 16.4. The van der Waals surface area contributed by atoms with Crippen LogP contribution in [0.15, 0.2) is 30.9 Å². The van der Waals surface area contributed by atoms with Gasteiger partial charge in [-0.05, 0) is 30.7 Å². The first kappa shape index (κ1) is 15.7. The zero-order chi connectivity index (χ0) is 15.1. The second-order valence-corrected chi connectivity index (χ2v) is 4.22. The van der Waals surface area contributed by atoms with Crippen LogP contribution in [0, 0.1) is 6.92 Å². The van der Waals surface area contributed by atoms with Crippen LogP contribution < -0.4 is 5.32 Å². The number of aliphatic hydroxyl groups is 1. The van der Waals surface area contributed by atoms with Gasteiger partial charge in [0.1, 0.15) is 0 Å². The lowest BCUT2D eigenvalue weighted by molar-refractivity contribution is 0.0697. The smallest absolute Gasteiger partial charge is 0.335 e. The van der Waals surface area contributed by atoms with Crippen molar-refractivity contribution >= 4 is 17.7 Å². The summed E-state index contributed by atoms with van der Waals surface area (Å²) in [6, 6.07) is 4.09. The second kappa shape index (κ2) is 7.30. The van der Waals surface area contributed by atoms with Crippen molar-refractivity contribution in [2.45, 2.75) is 6.92 Å². The van der Waals surface area contributed by atoms with E-state index in [0.29, 0.717) is 17.8 Å². The second-order valence-electron chi connectivity index (χ2n) is 4.22. The maximum atomic E-state index is 12.0. The number of hydrogen-bond acceptors (Lipinski definition) is 3. The zero-order valence-corrected chi connectivity index (χ0v) is 11.3. The highest BCUT2D eigenvalue weighted by Gasteiger charge is 2.13. The summed E-state index contributed by atoms with van der Waals surface area (Å²) in [4.78, 5) is 24.2. The number of aryl methyl sites for hydroxylation is 1. The maximum Gasteiger partial charge on any atom is 0.335 e. The molecule has 20 heavy (non-hydrogen) atoms. The van der Waals surface area contributed by atoms with Gasteiger partial charge >= 0.3 is 12.0 Å². The van der Waals surface area contributed by atoms with Crippen molar-refractivity contribution < 1.29 is 19.8 Å². The van der Waals surface area contributed by atoms with E-state index in [0.717, 1.165) is 0 Å². The topological polar surface area (TPSA) is 89.9 Å².